The Labute approximate surface area is 93.5 Å². The lowest BCUT2D eigenvalue weighted by atomic mass is 10.0. The van der Waals surface area contributed by atoms with Crippen molar-refractivity contribution in [1.29, 1.82) is 0 Å². The van der Waals surface area contributed by atoms with Crippen molar-refractivity contribution in [1.82, 2.24) is 4.90 Å². The van der Waals surface area contributed by atoms with Crippen LogP contribution in [0.1, 0.15) is 24.9 Å². The molecule has 1 saturated heterocycles. The molecule has 2 rings (SSSR count). The second-order valence-corrected chi connectivity index (χ2v) is 4.13. The average Bonchev–Trinajstić information content (AvgIpc) is 2.58. The summed E-state index contributed by atoms with van der Waals surface area (Å²) in [5, 5.41) is 9.84. The van der Waals surface area contributed by atoms with E-state index < -0.39 is 17.7 Å². The Kier molecular flexibility index (Phi) is 3.21. The third-order valence-electron chi connectivity index (χ3n) is 3.10. The minimum absolute atomic E-state index is 0.282. The number of aliphatic hydroxyl groups excluding tert-OH is 1. The van der Waals surface area contributed by atoms with Gasteiger partial charge in [0, 0.05) is 12.6 Å². The fourth-order valence-corrected chi connectivity index (χ4v) is 2.37. The van der Waals surface area contributed by atoms with E-state index in [0.717, 1.165) is 19.2 Å². The fourth-order valence-electron chi connectivity index (χ4n) is 2.37. The number of aliphatic hydroxyl groups is 1. The van der Waals surface area contributed by atoms with Crippen molar-refractivity contribution < 1.29 is 13.9 Å². The molecule has 1 aliphatic rings. The summed E-state index contributed by atoms with van der Waals surface area (Å²) in [5.41, 5.74) is 0.518. The first-order valence-electron chi connectivity index (χ1n) is 5.50. The van der Waals surface area contributed by atoms with Crippen LogP contribution in [0.15, 0.2) is 18.2 Å². The van der Waals surface area contributed by atoms with Crippen LogP contribution in [0.3, 0.4) is 0 Å². The van der Waals surface area contributed by atoms with Crippen molar-refractivity contribution in [3.8, 4) is 0 Å². The molecule has 0 spiro atoms. The van der Waals surface area contributed by atoms with Crippen molar-refractivity contribution in [3.63, 3.8) is 0 Å². The Balaban J connectivity index is 2.34. The minimum atomic E-state index is -0.592. The van der Waals surface area contributed by atoms with Gasteiger partial charge in [-0.15, -0.1) is 0 Å². The van der Waals surface area contributed by atoms with E-state index in [1.54, 1.807) is 0 Å². The van der Waals surface area contributed by atoms with Crippen LogP contribution < -0.4 is 0 Å². The van der Waals surface area contributed by atoms with Gasteiger partial charge in [0.2, 0.25) is 0 Å². The molecule has 0 amide bonds. The number of nitrogens with zero attached hydrogens (tertiary/aromatic N) is 1. The standard InChI is InChI=1S/C12H15F2NO/c1-2-15-4-3-11(16)12(15)8-5-9(13)7-10(14)6-8/h5-7,11-12,16H,2-4H2,1H3. The number of hydrogen-bond acceptors (Lipinski definition) is 2. The molecule has 1 aromatic rings. The van der Waals surface area contributed by atoms with E-state index in [-0.39, 0.29) is 6.04 Å². The van der Waals surface area contributed by atoms with Crippen LogP contribution in [0, 0.1) is 11.6 Å². The van der Waals surface area contributed by atoms with Gasteiger partial charge in [-0.05, 0) is 30.7 Å². The van der Waals surface area contributed by atoms with Gasteiger partial charge in [0.15, 0.2) is 0 Å². The summed E-state index contributed by atoms with van der Waals surface area (Å²) in [6.07, 6.45) is 0.109. The summed E-state index contributed by atoms with van der Waals surface area (Å²) < 4.78 is 26.2. The van der Waals surface area contributed by atoms with Crippen molar-refractivity contribution in [2.75, 3.05) is 13.1 Å². The van der Waals surface area contributed by atoms with Gasteiger partial charge in [0.25, 0.3) is 0 Å². The lowest BCUT2D eigenvalue weighted by molar-refractivity contribution is 0.118. The largest absolute Gasteiger partial charge is 0.391 e. The topological polar surface area (TPSA) is 23.5 Å². The zero-order chi connectivity index (χ0) is 11.7. The molecule has 2 atom stereocenters. The maximum absolute atomic E-state index is 13.1. The number of rotatable bonds is 2. The molecule has 0 aliphatic carbocycles. The van der Waals surface area contributed by atoms with E-state index in [1.165, 1.54) is 12.1 Å². The molecule has 1 fully saturated rings. The molecule has 0 saturated carbocycles. The Bertz CT molecular complexity index is 363. The predicted molar refractivity (Wildman–Crippen MR) is 57.0 cm³/mol. The van der Waals surface area contributed by atoms with Gasteiger partial charge >= 0.3 is 0 Å². The minimum Gasteiger partial charge on any atom is -0.391 e. The number of halogens is 2. The summed E-state index contributed by atoms with van der Waals surface area (Å²) in [6, 6.07) is 3.16. The Morgan fingerprint density at radius 1 is 1.31 bits per heavy atom. The van der Waals surface area contributed by atoms with Crippen LogP contribution in [0.4, 0.5) is 8.78 Å². The van der Waals surface area contributed by atoms with E-state index in [1.807, 2.05) is 11.8 Å². The quantitative estimate of drug-likeness (QED) is 0.836. The highest BCUT2D eigenvalue weighted by molar-refractivity contribution is 5.23. The van der Waals surface area contributed by atoms with Crippen molar-refractivity contribution >= 4 is 0 Å². The molecule has 2 nitrogen and oxygen atoms in total. The van der Waals surface area contributed by atoms with E-state index in [0.29, 0.717) is 12.0 Å². The molecule has 0 aromatic heterocycles. The highest BCUT2D eigenvalue weighted by Crippen LogP contribution is 2.32. The summed E-state index contributed by atoms with van der Waals surface area (Å²) in [4.78, 5) is 2.03. The monoisotopic (exact) mass is 227 g/mol. The Morgan fingerprint density at radius 2 is 1.94 bits per heavy atom. The van der Waals surface area contributed by atoms with Crippen molar-refractivity contribution in [3.05, 3.63) is 35.4 Å². The second-order valence-electron chi connectivity index (χ2n) is 4.13. The number of likely N-dealkylation sites (tertiary alicyclic amines) is 1. The lowest BCUT2D eigenvalue weighted by Crippen LogP contribution is -2.27. The van der Waals surface area contributed by atoms with Gasteiger partial charge in [-0.1, -0.05) is 6.92 Å². The smallest absolute Gasteiger partial charge is 0.126 e. The molecule has 0 radical (unpaired) electrons. The normalized spacial score (nSPS) is 26.2. The summed E-state index contributed by atoms with van der Waals surface area (Å²) >= 11 is 0. The third kappa shape index (κ3) is 2.08. The van der Waals surface area contributed by atoms with Crippen molar-refractivity contribution in [2.45, 2.75) is 25.5 Å². The SMILES string of the molecule is CCN1CCC(O)C1c1cc(F)cc(F)c1. The van der Waals surface area contributed by atoms with E-state index in [4.69, 9.17) is 0 Å². The fraction of sp³-hybridized carbons (Fsp3) is 0.500. The molecule has 88 valence electrons. The van der Waals surface area contributed by atoms with E-state index in [9.17, 15) is 13.9 Å². The summed E-state index contributed by atoms with van der Waals surface area (Å²) in [5.74, 6) is -1.18. The highest BCUT2D eigenvalue weighted by atomic mass is 19.1. The Morgan fingerprint density at radius 3 is 2.50 bits per heavy atom. The second kappa shape index (κ2) is 4.47. The molecule has 2 unspecified atom stereocenters. The van der Waals surface area contributed by atoms with Gasteiger partial charge in [0.1, 0.15) is 11.6 Å². The van der Waals surface area contributed by atoms with Crippen LogP contribution >= 0.6 is 0 Å². The highest BCUT2D eigenvalue weighted by Gasteiger charge is 2.33. The molecule has 1 aliphatic heterocycles. The lowest BCUT2D eigenvalue weighted by Gasteiger charge is -2.25. The summed E-state index contributed by atoms with van der Waals surface area (Å²) in [7, 11) is 0. The molecular formula is C12H15F2NO. The Hall–Kier alpha value is -1.00. The molecule has 0 bridgehead atoms. The van der Waals surface area contributed by atoms with Crippen molar-refractivity contribution in [2.24, 2.45) is 0 Å². The first kappa shape index (κ1) is 11.5. The van der Waals surface area contributed by atoms with Crippen LogP contribution in [0.25, 0.3) is 0 Å². The van der Waals surface area contributed by atoms with Gasteiger partial charge < -0.3 is 5.11 Å². The average molecular weight is 227 g/mol. The van der Waals surface area contributed by atoms with E-state index in [2.05, 4.69) is 0 Å². The predicted octanol–water partition coefficient (Wildman–Crippen LogP) is 2.09. The maximum atomic E-state index is 13.1. The van der Waals surface area contributed by atoms with Gasteiger partial charge in [-0.3, -0.25) is 4.90 Å². The number of likely N-dealkylation sites (N-methyl/N-ethyl adjacent to an activating group) is 1. The van der Waals surface area contributed by atoms with Crippen LogP contribution in [-0.2, 0) is 0 Å². The molecule has 1 N–H and O–H groups in total. The zero-order valence-corrected chi connectivity index (χ0v) is 9.16. The van der Waals surface area contributed by atoms with E-state index >= 15 is 0 Å². The number of hydrogen-bond donors (Lipinski definition) is 1. The zero-order valence-electron chi connectivity index (χ0n) is 9.16. The maximum Gasteiger partial charge on any atom is 0.126 e. The van der Waals surface area contributed by atoms with Gasteiger partial charge in [-0.25, -0.2) is 8.78 Å². The first-order valence-corrected chi connectivity index (χ1v) is 5.50. The van der Waals surface area contributed by atoms with Crippen LogP contribution in [0.5, 0.6) is 0 Å². The first-order chi connectivity index (χ1) is 7.61. The molecule has 16 heavy (non-hydrogen) atoms. The molecule has 1 aromatic carbocycles. The molecule has 1 heterocycles. The van der Waals surface area contributed by atoms with Crippen LogP contribution in [0.2, 0.25) is 0 Å². The third-order valence-corrected chi connectivity index (χ3v) is 3.10. The van der Waals surface area contributed by atoms with Gasteiger partial charge in [-0.2, -0.15) is 0 Å². The number of benzene rings is 1. The van der Waals surface area contributed by atoms with Crippen LogP contribution in [-0.4, -0.2) is 29.2 Å². The molecular weight excluding hydrogens is 212 g/mol. The van der Waals surface area contributed by atoms with Gasteiger partial charge in [0.05, 0.1) is 12.1 Å². The molecule has 4 heteroatoms. The summed E-state index contributed by atoms with van der Waals surface area (Å²) in [6.45, 7) is 3.50.